The highest BCUT2D eigenvalue weighted by Crippen LogP contribution is 2.25. The molecule has 0 atom stereocenters. The first kappa shape index (κ1) is 12.0. The molecule has 94 valence electrons. The first-order chi connectivity index (χ1) is 7.90. The van der Waals surface area contributed by atoms with Crippen LogP contribution in [0.4, 0.5) is 17.3 Å². The zero-order chi connectivity index (χ0) is 12.6. The number of aromatic nitrogens is 1. The minimum atomic E-state index is 0.149. The van der Waals surface area contributed by atoms with Gasteiger partial charge < -0.3 is 16.4 Å². The van der Waals surface area contributed by atoms with Gasteiger partial charge in [0, 0.05) is 25.2 Å². The van der Waals surface area contributed by atoms with Gasteiger partial charge in [0.05, 0.1) is 5.69 Å². The fourth-order valence-electron chi connectivity index (χ4n) is 2.09. The van der Waals surface area contributed by atoms with Crippen LogP contribution < -0.4 is 16.4 Å². The van der Waals surface area contributed by atoms with Crippen molar-refractivity contribution in [2.45, 2.75) is 19.4 Å². The van der Waals surface area contributed by atoms with Crippen molar-refractivity contribution in [1.82, 2.24) is 9.88 Å². The van der Waals surface area contributed by atoms with Crippen LogP contribution in [0.15, 0.2) is 12.1 Å². The van der Waals surface area contributed by atoms with E-state index in [9.17, 15) is 0 Å². The smallest absolute Gasteiger partial charge is 0.149 e. The molecule has 5 nitrogen and oxygen atoms in total. The van der Waals surface area contributed by atoms with E-state index < -0.39 is 0 Å². The normalized spacial score (nSPS) is 20.5. The lowest BCUT2D eigenvalue weighted by Gasteiger charge is -2.45. The van der Waals surface area contributed by atoms with Gasteiger partial charge in [-0.3, -0.25) is 4.90 Å². The van der Waals surface area contributed by atoms with Gasteiger partial charge in [0.15, 0.2) is 0 Å². The third kappa shape index (κ3) is 2.29. The Bertz CT molecular complexity index is 415. The number of nitrogens with two attached hydrogens (primary N) is 2. The van der Waals surface area contributed by atoms with Gasteiger partial charge in [-0.05, 0) is 33.0 Å². The monoisotopic (exact) mass is 235 g/mol. The third-order valence-corrected chi connectivity index (χ3v) is 3.58. The summed E-state index contributed by atoms with van der Waals surface area (Å²) in [5.41, 5.74) is 12.1. The van der Waals surface area contributed by atoms with Crippen LogP contribution in [0.5, 0.6) is 0 Å². The first-order valence-corrected chi connectivity index (χ1v) is 5.88. The third-order valence-electron chi connectivity index (χ3n) is 3.58. The molecule has 5 heteroatoms. The Labute approximate surface area is 102 Å². The number of nitrogen functional groups attached to an aromatic ring is 2. The number of likely N-dealkylation sites (N-methyl/N-ethyl adjacent to an activating group) is 1. The van der Waals surface area contributed by atoms with Crippen LogP contribution in [0.2, 0.25) is 0 Å². The molecule has 17 heavy (non-hydrogen) atoms. The van der Waals surface area contributed by atoms with Gasteiger partial charge in [0.25, 0.3) is 0 Å². The van der Waals surface area contributed by atoms with Crippen LogP contribution in [0.1, 0.15) is 13.8 Å². The molecule has 0 saturated carbocycles. The van der Waals surface area contributed by atoms with E-state index in [1.54, 1.807) is 0 Å². The number of piperazine rings is 1. The Hall–Kier alpha value is -1.49. The molecule has 1 aromatic heterocycles. The van der Waals surface area contributed by atoms with Crippen LogP contribution in [0.25, 0.3) is 0 Å². The lowest BCUT2D eigenvalue weighted by Crippen LogP contribution is -2.57. The molecule has 1 saturated heterocycles. The second kappa shape index (κ2) is 4.07. The maximum Gasteiger partial charge on any atom is 0.149 e. The Morgan fingerprint density at radius 2 is 1.94 bits per heavy atom. The lowest BCUT2D eigenvalue weighted by atomic mass is 10.00. The molecule has 0 radical (unpaired) electrons. The second-order valence-corrected chi connectivity index (χ2v) is 5.30. The fourth-order valence-corrected chi connectivity index (χ4v) is 2.09. The summed E-state index contributed by atoms with van der Waals surface area (Å²) >= 11 is 0. The van der Waals surface area contributed by atoms with Crippen molar-refractivity contribution in [2.24, 2.45) is 0 Å². The van der Waals surface area contributed by atoms with E-state index in [4.69, 9.17) is 11.5 Å². The highest BCUT2D eigenvalue weighted by molar-refractivity contribution is 5.62. The second-order valence-electron chi connectivity index (χ2n) is 5.30. The van der Waals surface area contributed by atoms with E-state index in [-0.39, 0.29) is 5.54 Å². The summed E-state index contributed by atoms with van der Waals surface area (Å²) in [7, 11) is 2.15. The number of hydrogen-bond donors (Lipinski definition) is 2. The fraction of sp³-hybridized carbons (Fsp3) is 0.583. The van der Waals surface area contributed by atoms with E-state index in [0.717, 1.165) is 25.5 Å². The number of anilines is 3. The van der Waals surface area contributed by atoms with Crippen LogP contribution >= 0.6 is 0 Å². The quantitative estimate of drug-likeness (QED) is 0.752. The van der Waals surface area contributed by atoms with Gasteiger partial charge in [0.2, 0.25) is 0 Å². The SMILES string of the molecule is CN1CCN(c2ccc(N)c(N)n2)CC1(C)C. The largest absolute Gasteiger partial charge is 0.396 e. The van der Waals surface area contributed by atoms with Crippen LogP contribution in [0, 0.1) is 0 Å². The lowest BCUT2D eigenvalue weighted by molar-refractivity contribution is 0.138. The zero-order valence-electron chi connectivity index (χ0n) is 10.8. The summed E-state index contributed by atoms with van der Waals surface area (Å²) in [6, 6.07) is 3.76. The van der Waals surface area contributed by atoms with E-state index >= 15 is 0 Å². The molecule has 0 unspecified atom stereocenters. The van der Waals surface area contributed by atoms with E-state index in [0.29, 0.717) is 11.5 Å². The maximum absolute atomic E-state index is 5.75. The van der Waals surface area contributed by atoms with Crippen molar-refractivity contribution in [3.63, 3.8) is 0 Å². The van der Waals surface area contributed by atoms with Gasteiger partial charge in [-0.25, -0.2) is 4.98 Å². The number of pyridine rings is 1. The summed E-state index contributed by atoms with van der Waals surface area (Å²) in [6.45, 7) is 7.41. The molecule has 1 fully saturated rings. The summed E-state index contributed by atoms with van der Waals surface area (Å²) in [5, 5.41) is 0. The Kier molecular flexibility index (Phi) is 2.87. The summed E-state index contributed by atoms with van der Waals surface area (Å²) in [5.74, 6) is 1.33. The highest BCUT2D eigenvalue weighted by atomic mass is 15.3. The van der Waals surface area contributed by atoms with Crippen molar-refractivity contribution >= 4 is 17.3 Å². The van der Waals surface area contributed by atoms with E-state index in [1.807, 2.05) is 12.1 Å². The molecular weight excluding hydrogens is 214 g/mol. The molecule has 2 heterocycles. The minimum Gasteiger partial charge on any atom is -0.396 e. The molecule has 0 aromatic carbocycles. The maximum atomic E-state index is 5.75. The minimum absolute atomic E-state index is 0.149. The Morgan fingerprint density at radius 3 is 2.53 bits per heavy atom. The average Bonchev–Trinajstić information content (AvgIpc) is 2.26. The van der Waals surface area contributed by atoms with Crippen LogP contribution in [-0.2, 0) is 0 Å². The average molecular weight is 235 g/mol. The topological polar surface area (TPSA) is 71.4 Å². The molecular formula is C12H21N5. The van der Waals surface area contributed by atoms with Crippen LogP contribution in [0.3, 0.4) is 0 Å². The van der Waals surface area contributed by atoms with Gasteiger partial charge in [-0.2, -0.15) is 0 Å². The van der Waals surface area contributed by atoms with Gasteiger partial charge in [0.1, 0.15) is 11.6 Å². The van der Waals surface area contributed by atoms with Crippen LogP contribution in [-0.4, -0.2) is 42.1 Å². The predicted molar refractivity (Wildman–Crippen MR) is 72.0 cm³/mol. The predicted octanol–water partition coefficient (Wildman–Crippen LogP) is 0.776. The molecule has 0 bridgehead atoms. The van der Waals surface area contributed by atoms with Gasteiger partial charge in [-0.15, -0.1) is 0 Å². The molecule has 0 amide bonds. The van der Waals surface area contributed by atoms with Crippen molar-refractivity contribution in [3.05, 3.63) is 12.1 Å². The highest BCUT2D eigenvalue weighted by Gasteiger charge is 2.31. The first-order valence-electron chi connectivity index (χ1n) is 5.88. The summed E-state index contributed by atoms with van der Waals surface area (Å²) in [6.07, 6.45) is 0. The van der Waals surface area contributed by atoms with Crippen molar-refractivity contribution < 1.29 is 0 Å². The number of nitrogens with zero attached hydrogens (tertiary/aromatic N) is 3. The molecule has 1 aromatic rings. The van der Waals surface area contributed by atoms with Gasteiger partial charge in [-0.1, -0.05) is 0 Å². The summed E-state index contributed by atoms with van der Waals surface area (Å²) < 4.78 is 0. The Morgan fingerprint density at radius 1 is 1.24 bits per heavy atom. The van der Waals surface area contributed by atoms with E-state index in [2.05, 4.69) is 35.7 Å². The van der Waals surface area contributed by atoms with Crippen molar-refractivity contribution in [1.29, 1.82) is 0 Å². The zero-order valence-corrected chi connectivity index (χ0v) is 10.8. The molecule has 4 N–H and O–H groups in total. The van der Waals surface area contributed by atoms with Crippen molar-refractivity contribution in [3.8, 4) is 0 Å². The standard InChI is InChI=1S/C12H21N5/c1-12(2)8-17(7-6-16(12)3)10-5-4-9(13)11(14)15-10/h4-5H,6-8,13H2,1-3H3,(H2,14,15). The summed E-state index contributed by atoms with van der Waals surface area (Å²) in [4.78, 5) is 8.97. The van der Waals surface area contributed by atoms with Gasteiger partial charge >= 0.3 is 0 Å². The molecule has 0 aliphatic carbocycles. The number of rotatable bonds is 1. The Balaban J connectivity index is 2.21. The molecule has 1 aliphatic heterocycles. The number of hydrogen-bond acceptors (Lipinski definition) is 5. The van der Waals surface area contributed by atoms with E-state index in [1.165, 1.54) is 0 Å². The molecule has 2 rings (SSSR count). The molecule has 0 spiro atoms. The molecule has 1 aliphatic rings. The van der Waals surface area contributed by atoms with Crippen molar-refractivity contribution in [2.75, 3.05) is 43.0 Å².